The van der Waals surface area contributed by atoms with Crippen molar-refractivity contribution >= 4 is 39.8 Å². The van der Waals surface area contributed by atoms with Crippen LogP contribution in [-0.2, 0) is 4.84 Å². The lowest BCUT2D eigenvalue weighted by molar-refractivity contribution is 0.0628. The third kappa shape index (κ3) is 3.84. The van der Waals surface area contributed by atoms with E-state index in [1.54, 1.807) is 23.1 Å². The van der Waals surface area contributed by atoms with E-state index < -0.39 is 0 Å². The zero-order valence-corrected chi connectivity index (χ0v) is 18.3. The van der Waals surface area contributed by atoms with E-state index in [1.807, 2.05) is 18.2 Å². The number of hydrogen-bond donors (Lipinski definition) is 1. The Hall–Kier alpha value is -2.74. The van der Waals surface area contributed by atoms with Crippen LogP contribution < -0.4 is 5.48 Å². The second kappa shape index (κ2) is 8.18. The number of rotatable bonds is 4. The molecule has 1 aliphatic rings. The molecule has 1 aliphatic heterocycles. The summed E-state index contributed by atoms with van der Waals surface area (Å²) in [5.41, 5.74) is 6.02. The van der Waals surface area contributed by atoms with E-state index in [0.717, 1.165) is 26.4 Å². The van der Waals surface area contributed by atoms with Gasteiger partial charge in [0.15, 0.2) is 5.84 Å². The summed E-state index contributed by atoms with van der Waals surface area (Å²) in [6.07, 6.45) is 0. The minimum absolute atomic E-state index is 0.0379. The number of amidine groups is 1. The molecule has 0 spiro atoms. The number of aryl methyl sites for hydroxylation is 2. The maximum absolute atomic E-state index is 5.75. The van der Waals surface area contributed by atoms with E-state index in [-0.39, 0.29) is 6.04 Å². The summed E-state index contributed by atoms with van der Waals surface area (Å²) in [5.74, 6) is 0.693. The number of aromatic nitrogens is 2. The van der Waals surface area contributed by atoms with Gasteiger partial charge in [0.2, 0.25) is 0 Å². The van der Waals surface area contributed by atoms with Gasteiger partial charge in [-0.1, -0.05) is 47.7 Å². The van der Waals surface area contributed by atoms with Gasteiger partial charge in [0.25, 0.3) is 0 Å². The molecule has 0 bridgehead atoms. The lowest BCUT2D eigenvalue weighted by atomic mass is 10.1. The van der Waals surface area contributed by atoms with Crippen LogP contribution in [0.5, 0.6) is 0 Å². The highest BCUT2D eigenvalue weighted by molar-refractivity contribution is 7.99. The number of fused-ring (bicyclic) bond motifs is 1. The predicted molar refractivity (Wildman–Crippen MR) is 122 cm³/mol. The standard InChI is InChI=1S/C23H20N4OS2/c1-14-7-10-16(11-8-14)30-23-21(17-5-3-4-6-18(17)25-26-23)22-24-19(13-28-27-22)20-12-9-15(2)29-20/h3-12,19H,13H2,1-2H3,(H,24,27)/t19-/m1/s1. The fourth-order valence-electron chi connectivity index (χ4n) is 3.36. The van der Waals surface area contributed by atoms with Crippen LogP contribution >= 0.6 is 23.1 Å². The molecule has 0 radical (unpaired) electrons. The van der Waals surface area contributed by atoms with Gasteiger partial charge in [0.05, 0.1) is 11.1 Å². The normalized spacial score (nSPS) is 16.3. The van der Waals surface area contributed by atoms with E-state index in [1.165, 1.54) is 15.3 Å². The molecule has 0 fully saturated rings. The van der Waals surface area contributed by atoms with Gasteiger partial charge >= 0.3 is 0 Å². The van der Waals surface area contributed by atoms with Gasteiger partial charge in [-0.15, -0.1) is 21.5 Å². The van der Waals surface area contributed by atoms with E-state index in [4.69, 9.17) is 9.83 Å². The molecule has 7 heteroatoms. The summed E-state index contributed by atoms with van der Waals surface area (Å²) < 4.78 is 0. The molecule has 2 aromatic heterocycles. The molecule has 1 N–H and O–H groups in total. The number of nitrogens with one attached hydrogen (secondary N) is 1. The molecule has 0 amide bonds. The molecule has 5 rings (SSSR count). The molecule has 0 saturated heterocycles. The van der Waals surface area contributed by atoms with Crippen LogP contribution in [0.15, 0.2) is 75.6 Å². The Morgan fingerprint density at radius 3 is 2.63 bits per heavy atom. The Labute approximate surface area is 183 Å². The lowest BCUT2D eigenvalue weighted by Crippen LogP contribution is -2.33. The fraction of sp³-hybridized carbons (Fsp3) is 0.174. The minimum Gasteiger partial charge on any atom is -0.272 e. The fourth-order valence-corrected chi connectivity index (χ4v) is 5.14. The molecule has 5 nitrogen and oxygen atoms in total. The molecular weight excluding hydrogens is 412 g/mol. The summed E-state index contributed by atoms with van der Waals surface area (Å²) in [4.78, 5) is 14.3. The van der Waals surface area contributed by atoms with Crippen molar-refractivity contribution in [1.29, 1.82) is 0 Å². The summed E-state index contributed by atoms with van der Waals surface area (Å²) in [7, 11) is 0. The molecule has 0 aliphatic carbocycles. The van der Waals surface area contributed by atoms with Crippen LogP contribution in [0.2, 0.25) is 0 Å². The van der Waals surface area contributed by atoms with Crippen LogP contribution in [-0.4, -0.2) is 22.6 Å². The topological polar surface area (TPSA) is 59.4 Å². The first-order valence-electron chi connectivity index (χ1n) is 9.69. The van der Waals surface area contributed by atoms with Crippen LogP contribution in [0.25, 0.3) is 10.9 Å². The minimum atomic E-state index is -0.0379. The Bertz CT molecular complexity index is 1230. The second-order valence-corrected chi connectivity index (χ2v) is 9.55. The van der Waals surface area contributed by atoms with E-state index in [9.17, 15) is 0 Å². The van der Waals surface area contributed by atoms with Crippen molar-refractivity contribution in [3.8, 4) is 0 Å². The van der Waals surface area contributed by atoms with Gasteiger partial charge in [-0.3, -0.25) is 9.83 Å². The van der Waals surface area contributed by atoms with Gasteiger partial charge in [-0.25, -0.2) is 5.48 Å². The third-order valence-electron chi connectivity index (χ3n) is 4.89. The van der Waals surface area contributed by atoms with Crippen molar-refractivity contribution in [3.63, 3.8) is 0 Å². The van der Waals surface area contributed by atoms with Crippen LogP contribution in [0.4, 0.5) is 0 Å². The molecule has 1 atom stereocenters. The van der Waals surface area contributed by atoms with Crippen molar-refractivity contribution in [2.45, 2.75) is 29.8 Å². The summed E-state index contributed by atoms with van der Waals surface area (Å²) >= 11 is 3.34. The summed E-state index contributed by atoms with van der Waals surface area (Å²) in [6.45, 7) is 4.69. The molecule has 150 valence electrons. The molecule has 0 saturated carbocycles. The lowest BCUT2D eigenvalue weighted by Gasteiger charge is -2.23. The van der Waals surface area contributed by atoms with Crippen molar-refractivity contribution in [3.05, 3.63) is 81.5 Å². The zero-order valence-electron chi connectivity index (χ0n) is 16.6. The molecule has 30 heavy (non-hydrogen) atoms. The quantitative estimate of drug-likeness (QED) is 0.463. The smallest absolute Gasteiger partial charge is 0.156 e. The SMILES string of the molecule is Cc1ccc(Sc2nnc3ccccc3c2C2=N[C@@H](c3ccc(C)s3)CON2)cc1. The summed E-state index contributed by atoms with van der Waals surface area (Å²) in [6, 6.07) is 20.6. The van der Waals surface area contributed by atoms with Crippen molar-refractivity contribution in [1.82, 2.24) is 15.7 Å². The molecular formula is C23H20N4OS2. The van der Waals surface area contributed by atoms with Gasteiger partial charge in [-0.05, 0) is 44.2 Å². The zero-order chi connectivity index (χ0) is 20.5. The van der Waals surface area contributed by atoms with Gasteiger partial charge in [-0.2, -0.15) is 0 Å². The monoisotopic (exact) mass is 432 g/mol. The van der Waals surface area contributed by atoms with E-state index >= 15 is 0 Å². The predicted octanol–water partition coefficient (Wildman–Crippen LogP) is 5.48. The number of thiophene rings is 1. The highest BCUT2D eigenvalue weighted by Crippen LogP contribution is 2.34. The maximum Gasteiger partial charge on any atom is 0.156 e. The number of aliphatic imine (C=N–C) groups is 1. The molecule has 2 aromatic carbocycles. The first-order valence-corrected chi connectivity index (χ1v) is 11.3. The van der Waals surface area contributed by atoms with Crippen molar-refractivity contribution in [2.24, 2.45) is 4.99 Å². The Morgan fingerprint density at radius 2 is 1.83 bits per heavy atom. The Morgan fingerprint density at radius 1 is 1.00 bits per heavy atom. The second-order valence-electron chi connectivity index (χ2n) is 7.17. The average molecular weight is 433 g/mol. The summed E-state index contributed by atoms with van der Waals surface area (Å²) in [5, 5.41) is 10.8. The van der Waals surface area contributed by atoms with Crippen molar-refractivity contribution in [2.75, 3.05) is 6.61 Å². The van der Waals surface area contributed by atoms with Crippen LogP contribution in [0, 0.1) is 13.8 Å². The average Bonchev–Trinajstić information content (AvgIpc) is 3.22. The number of hydrogen-bond acceptors (Lipinski definition) is 7. The largest absolute Gasteiger partial charge is 0.272 e. The number of benzene rings is 2. The Kier molecular flexibility index (Phi) is 5.25. The highest BCUT2D eigenvalue weighted by atomic mass is 32.2. The van der Waals surface area contributed by atoms with Crippen molar-refractivity contribution < 1.29 is 4.84 Å². The molecule has 3 heterocycles. The Balaban J connectivity index is 1.62. The first kappa shape index (κ1) is 19.2. The molecule has 4 aromatic rings. The van der Waals surface area contributed by atoms with Crippen LogP contribution in [0.1, 0.15) is 26.9 Å². The third-order valence-corrected chi connectivity index (χ3v) is 6.98. The highest BCUT2D eigenvalue weighted by Gasteiger charge is 2.24. The van der Waals surface area contributed by atoms with Crippen LogP contribution in [0.3, 0.4) is 0 Å². The van der Waals surface area contributed by atoms with Gasteiger partial charge in [0.1, 0.15) is 17.7 Å². The van der Waals surface area contributed by atoms with Gasteiger partial charge < -0.3 is 0 Å². The van der Waals surface area contributed by atoms with Gasteiger partial charge in [0, 0.05) is 20.0 Å². The number of nitrogens with zero attached hydrogens (tertiary/aromatic N) is 3. The first-order chi connectivity index (χ1) is 14.7. The number of hydroxylamine groups is 1. The van der Waals surface area contributed by atoms with E-state index in [2.05, 4.69) is 72.0 Å². The molecule has 0 unspecified atom stereocenters. The maximum atomic E-state index is 5.75. The van der Waals surface area contributed by atoms with E-state index in [0.29, 0.717) is 12.4 Å².